The smallest absolute Gasteiger partial charge is 0.409 e. The molecule has 0 aromatic heterocycles. The van der Waals surface area contributed by atoms with Crippen LogP contribution in [0.5, 0.6) is 11.5 Å². The van der Waals surface area contributed by atoms with Crippen LogP contribution in [0.25, 0.3) is 6.08 Å². The maximum Gasteiger partial charge on any atom is 0.409 e. The molecule has 0 unspecified atom stereocenters. The van der Waals surface area contributed by atoms with Gasteiger partial charge in [0.1, 0.15) is 0 Å². The van der Waals surface area contributed by atoms with Crippen molar-refractivity contribution in [3.63, 3.8) is 0 Å². The van der Waals surface area contributed by atoms with Gasteiger partial charge in [-0.2, -0.15) is 0 Å². The van der Waals surface area contributed by atoms with Crippen LogP contribution in [0.2, 0.25) is 0 Å². The van der Waals surface area contributed by atoms with Gasteiger partial charge in [-0.15, -0.1) is 0 Å². The van der Waals surface area contributed by atoms with Crippen molar-refractivity contribution in [2.24, 2.45) is 0 Å². The molecular weight excluding hydrogens is 360 g/mol. The number of hydrogen-bond donors (Lipinski definition) is 1. The van der Waals surface area contributed by atoms with E-state index in [4.69, 9.17) is 14.2 Å². The highest BCUT2D eigenvalue weighted by Crippen LogP contribution is 2.32. The van der Waals surface area contributed by atoms with Crippen LogP contribution in [0.4, 0.5) is 10.5 Å². The number of hydrogen-bond acceptors (Lipinski definition) is 5. The van der Waals surface area contributed by atoms with E-state index in [0.717, 1.165) is 17.5 Å². The minimum atomic E-state index is -0.341. The average Bonchev–Trinajstić information content (AvgIpc) is 3.19. The van der Waals surface area contributed by atoms with Gasteiger partial charge in [0.15, 0.2) is 11.5 Å². The molecule has 0 fully saturated rings. The van der Waals surface area contributed by atoms with Crippen LogP contribution >= 0.6 is 0 Å². The minimum Gasteiger partial charge on any atom is -0.454 e. The Labute approximate surface area is 162 Å². The van der Waals surface area contributed by atoms with E-state index in [1.807, 2.05) is 36.4 Å². The molecule has 7 nitrogen and oxygen atoms in total. The third-order valence-corrected chi connectivity index (χ3v) is 4.74. The molecule has 2 aliphatic rings. The third kappa shape index (κ3) is 3.78. The maximum absolute atomic E-state index is 12.3. The lowest BCUT2D eigenvalue weighted by Crippen LogP contribution is -2.35. The molecule has 7 heteroatoms. The first-order chi connectivity index (χ1) is 13.6. The molecule has 0 saturated carbocycles. The Kier molecular flexibility index (Phi) is 4.89. The van der Waals surface area contributed by atoms with Crippen molar-refractivity contribution in [2.45, 2.75) is 13.0 Å². The quantitative estimate of drug-likeness (QED) is 0.828. The maximum atomic E-state index is 12.3. The highest BCUT2D eigenvalue weighted by molar-refractivity contribution is 6.02. The number of ether oxygens (including phenoxy) is 3. The molecule has 1 N–H and O–H groups in total. The molecule has 0 saturated heterocycles. The molecule has 2 amide bonds. The summed E-state index contributed by atoms with van der Waals surface area (Å²) in [7, 11) is 1.38. The molecule has 0 spiro atoms. The molecule has 28 heavy (non-hydrogen) atoms. The number of amides is 2. The van der Waals surface area contributed by atoms with Crippen LogP contribution in [-0.2, 0) is 22.5 Å². The fourth-order valence-corrected chi connectivity index (χ4v) is 3.29. The summed E-state index contributed by atoms with van der Waals surface area (Å²) in [6.07, 6.45) is 3.61. The van der Waals surface area contributed by atoms with E-state index in [2.05, 4.69) is 5.32 Å². The number of anilines is 1. The fraction of sp³-hybridized carbons (Fsp3) is 0.238. The van der Waals surface area contributed by atoms with Crippen molar-refractivity contribution in [3.8, 4) is 11.5 Å². The predicted molar refractivity (Wildman–Crippen MR) is 103 cm³/mol. The summed E-state index contributed by atoms with van der Waals surface area (Å²) in [5, 5.41) is 2.86. The molecule has 2 aliphatic heterocycles. The van der Waals surface area contributed by atoms with Gasteiger partial charge in [-0.1, -0.05) is 12.1 Å². The monoisotopic (exact) mass is 380 g/mol. The van der Waals surface area contributed by atoms with Crippen LogP contribution < -0.4 is 14.8 Å². The molecule has 2 heterocycles. The summed E-state index contributed by atoms with van der Waals surface area (Å²) in [6, 6.07) is 11.3. The zero-order valence-corrected chi connectivity index (χ0v) is 15.4. The average molecular weight is 380 g/mol. The van der Waals surface area contributed by atoms with E-state index >= 15 is 0 Å². The predicted octanol–water partition coefficient (Wildman–Crippen LogP) is 3.19. The number of methoxy groups -OCH3 is 1. The third-order valence-electron chi connectivity index (χ3n) is 4.74. The number of rotatable bonds is 3. The SMILES string of the molecule is COC(=O)N1CCc2ccc(NC(=O)/C=C/c3ccc4c(c3)OCO4)cc2C1. The van der Waals surface area contributed by atoms with Crippen molar-refractivity contribution >= 4 is 23.8 Å². The van der Waals surface area contributed by atoms with Crippen LogP contribution in [0.3, 0.4) is 0 Å². The largest absolute Gasteiger partial charge is 0.454 e. The van der Waals surface area contributed by atoms with Crippen LogP contribution in [0, 0.1) is 0 Å². The molecule has 0 bridgehead atoms. The van der Waals surface area contributed by atoms with Crippen LogP contribution in [-0.4, -0.2) is 37.3 Å². The standard InChI is InChI=1S/C21H20N2O5/c1-26-21(25)23-9-8-15-4-5-17(11-16(15)12-23)22-20(24)7-3-14-2-6-18-19(10-14)28-13-27-18/h2-7,10-11H,8-9,12-13H2,1H3,(H,22,24)/b7-3+. The lowest BCUT2D eigenvalue weighted by Gasteiger charge is -2.28. The second-order valence-electron chi connectivity index (χ2n) is 6.56. The van der Waals surface area contributed by atoms with E-state index < -0.39 is 0 Å². The van der Waals surface area contributed by atoms with Crippen LogP contribution in [0.15, 0.2) is 42.5 Å². The Morgan fingerprint density at radius 1 is 1.11 bits per heavy atom. The molecule has 0 aliphatic carbocycles. The lowest BCUT2D eigenvalue weighted by molar-refractivity contribution is -0.111. The molecule has 2 aromatic carbocycles. The number of nitrogens with zero attached hydrogens (tertiary/aromatic N) is 1. The Bertz CT molecular complexity index is 954. The van der Waals surface area contributed by atoms with Gasteiger partial charge in [-0.25, -0.2) is 4.79 Å². The van der Waals surface area contributed by atoms with Gasteiger partial charge in [0.05, 0.1) is 7.11 Å². The number of fused-ring (bicyclic) bond motifs is 2. The highest BCUT2D eigenvalue weighted by Gasteiger charge is 2.21. The van der Waals surface area contributed by atoms with E-state index in [1.165, 1.54) is 18.7 Å². The Morgan fingerprint density at radius 3 is 2.82 bits per heavy atom. The molecule has 4 rings (SSSR count). The first-order valence-corrected chi connectivity index (χ1v) is 8.96. The number of carbonyl (C=O) groups is 2. The normalized spacial score (nSPS) is 14.7. The second kappa shape index (κ2) is 7.64. The Hall–Kier alpha value is -3.48. The number of benzene rings is 2. The molecule has 0 radical (unpaired) electrons. The minimum absolute atomic E-state index is 0.217. The van der Waals surface area contributed by atoms with Crippen molar-refractivity contribution < 1.29 is 23.8 Å². The first-order valence-electron chi connectivity index (χ1n) is 8.96. The van der Waals surface area contributed by atoms with Gasteiger partial charge in [0, 0.05) is 24.9 Å². The Morgan fingerprint density at radius 2 is 1.96 bits per heavy atom. The summed E-state index contributed by atoms with van der Waals surface area (Å²) >= 11 is 0. The van der Waals surface area contributed by atoms with Crippen LogP contribution in [0.1, 0.15) is 16.7 Å². The summed E-state index contributed by atoms with van der Waals surface area (Å²) in [4.78, 5) is 25.7. The lowest BCUT2D eigenvalue weighted by atomic mass is 9.99. The zero-order chi connectivity index (χ0) is 19.5. The number of nitrogens with one attached hydrogen (secondary N) is 1. The van der Waals surface area contributed by atoms with E-state index in [0.29, 0.717) is 30.3 Å². The first kappa shape index (κ1) is 17.9. The summed E-state index contributed by atoms with van der Waals surface area (Å²) < 4.78 is 15.4. The fourth-order valence-electron chi connectivity index (χ4n) is 3.29. The Balaban J connectivity index is 1.41. The van der Waals surface area contributed by atoms with Gasteiger partial charge in [0.25, 0.3) is 0 Å². The van der Waals surface area contributed by atoms with E-state index in [9.17, 15) is 9.59 Å². The van der Waals surface area contributed by atoms with Gasteiger partial charge in [-0.3, -0.25) is 4.79 Å². The van der Waals surface area contributed by atoms with Gasteiger partial charge in [-0.05, 0) is 53.5 Å². The topological polar surface area (TPSA) is 77.1 Å². The molecule has 0 atom stereocenters. The zero-order valence-electron chi connectivity index (χ0n) is 15.4. The van der Waals surface area contributed by atoms with Crippen molar-refractivity contribution in [1.29, 1.82) is 0 Å². The summed E-state index contributed by atoms with van der Waals surface area (Å²) in [6.45, 7) is 1.32. The van der Waals surface area contributed by atoms with Crippen molar-refractivity contribution in [1.82, 2.24) is 4.90 Å². The highest BCUT2D eigenvalue weighted by atomic mass is 16.7. The molecular formula is C21H20N2O5. The van der Waals surface area contributed by atoms with Gasteiger partial charge in [0.2, 0.25) is 12.7 Å². The molecule has 144 valence electrons. The van der Waals surface area contributed by atoms with E-state index in [-0.39, 0.29) is 18.8 Å². The second-order valence-corrected chi connectivity index (χ2v) is 6.56. The number of carbonyl (C=O) groups excluding carboxylic acids is 2. The van der Waals surface area contributed by atoms with Gasteiger partial charge < -0.3 is 24.4 Å². The van der Waals surface area contributed by atoms with Gasteiger partial charge >= 0.3 is 6.09 Å². The van der Waals surface area contributed by atoms with E-state index in [1.54, 1.807) is 11.0 Å². The summed E-state index contributed by atoms with van der Waals surface area (Å²) in [5.74, 6) is 1.14. The molecule has 2 aromatic rings. The van der Waals surface area contributed by atoms with Crippen molar-refractivity contribution in [3.05, 3.63) is 59.2 Å². The summed E-state index contributed by atoms with van der Waals surface area (Å²) in [5.41, 5.74) is 3.72. The van der Waals surface area contributed by atoms with Crippen molar-refractivity contribution in [2.75, 3.05) is 25.8 Å².